The zero-order valence-electron chi connectivity index (χ0n) is 13.3. The van der Waals surface area contributed by atoms with Crippen molar-refractivity contribution in [2.45, 2.75) is 32.2 Å². The highest BCUT2D eigenvalue weighted by atomic mass is 16.5. The lowest BCUT2D eigenvalue weighted by atomic mass is 9.63. The molecule has 1 unspecified atom stereocenters. The normalized spacial score (nSPS) is 24.4. The predicted molar refractivity (Wildman–Crippen MR) is 81.8 cm³/mol. The minimum atomic E-state index is -1.00. The monoisotopic (exact) mass is 322 g/mol. The Bertz CT molecular complexity index is 566. The second-order valence-corrected chi connectivity index (χ2v) is 6.28. The van der Waals surface area contributed by atoms with Crippen LogP contribution < -0.4 is 10.1 Å². The van der Waals surface area contributed by atoms with Crippen molar-refractivity contribution >= 4 is 11.9 Å². The lowest BCUT2D eigenvalue weighted by Crippen LogP contribution is -2.49. The summed E-state index contributed by atoms with van der Waals surface area (Å²) in [5.41, 5.74) is 0.0625. The number of hydrogen-bond donors (Lipinski definition) is 3. The van der Waals surface area contributed by atoms with Gasteiger partial charge in [-0.2, -0.15) is 0 Å². The topological polar surface area (TPSA) is 109 Å². The summed E-state index contributed by atoms with van der Waals surface area (Å²) in [6.07, 6.45) is 2.50. The van der Waals surface area contributed by atoms with Gasteiger partial charge in [-0.25, -0.2) is 4.98 Å². The van der Waals surface area contributed by atoms with Crippen LogP contribution in [-0.4, -0.2) is 40.8 Å². The number of pyridine rings is 1. The number of carbonyl (C=O) groups excluding carboxylic acids is 1. The fraction of sp³-hybridized carbons (Fsp3) is 0.562. The van der Waals surface area contributed by atoms with E-state index in [-0.39, 0.29) is 24.9 Å². The highest BCUT2D eigenvalue weighted by Crippen LogP contribution is 2.45. The van der Waals surface area contributed by atoms with Crippen molar-refractivity contribution in [3.8, 4) is 5.88 Å². The molecule has 1 amide bonds. The van der Waals surface area contributed by atoms with E-state index < -0.39 is 17.4 Å². The van der Waals surface area contributed by atoms with Crippen LogP contribution in [-0.2, 0) is 9.59 Å². The van der Waals surface area contributed by atoms with E-state index in [0.29, 0.717) is 24.3 Å². The van der Waals surface area contributed by atoms with E-state index in [0.717, 1.165) is 0 Å². The van der Waals surface area contributed by atoms with Crippen molar-refractivity contribution in [3.05, 3.63) is 23.9 Å². The first-order chi connectivity index (χ1) is 10.9. The molecule has 1 fully saturated rings. The van der Waals surface area contributed by atoms with Gasteiger partial charge in [0.25, 0.3) is 0 Å². The predicted octanol–water partition coefficient (Wildman–Crippen LogP) is 1.13. The zero-order chi connectivity index (χ0) is 17.0. The Balaban J connectivity index is 2.09. The van der Waals surface area contributed by atoms with Crippen LogP contribution in [0.25, 0.3) is 0 Å². The number of nitrogens with one attached hydrogen (secondary N) is 1. The standard InChI is InChI=1S/C16H22N2O5/c1-16(6-10(7-16)9-19)15(22)18-12(5-14(20)21)11-3-4-13(23-2)17-8-11/h3-4,8,10,12,19H,5-7,9H2,1-2H3,(H,18,22)(H,20,21). The molecule has 0 aromatic carbocycles. The first kappa shape index (κ1) is 17.2. The number of hydrogen-bond acceptors (Lipinski definition) is 5. The van der Waals surface area contributed by atoms with Crippen LogP contribution in [0.2, 0.25) is 0 Å². The van der Waals surface area contributed by atoms with Gasteiger partial charge in [0.15, 0.2) is 0 Å². The third-order valence-electron chi connectivity index (χ3n) is 4.34. The molecule has 1 saturated carbocycles. The van der Waals surface area contributed by atoms with Gasteiger partial charge in [-0.15, -0.1) is 0 Å². The number of carboxylic acid groups (broad SMARTS) is 1. The molecule has 0 spiro atoms. The van der Waals surface area contributed by atoms with Crippen molar-refractivity contribution in [1.29, 1.82) is 0 Å². The molecule has 23 heavy (non-hydrogen) atoms. The second kappa shape index (κ2) is 6.95. The Hall–Kier alpha value is -2.15. The van der Waals surface area contributed by atoms with Crippen LogP contribution >= 0.6 is 0 Å². The summed E-state index contributed by atoms with van der Waals surface area (Å²) in [4.78, 5) is 27.6. The van der Waals surface area contributed by atoms with E-state index in [1.54, 1.807) is 12.1 Å². The average Bonchev–Trinajstić information content (AvgIpc) is 2.50. The molecule has 0 radical (unpaired) electrons. The minimum Gasteiger partial charge on any atom is -0.481 e. The summed E-state index contributed by atoms with van der Waals surface area (Å²) in [6.45, 7) is 1.91. The van der Waals surface area contributed by atoms with Crippen molar-refractivity contribution in [3.63, 3.8) is 0 Å². The Morgan fingerprint density at radius 1 is 1.48 bits per heavy atom. The number of amides is 1. The number of ether oxygens (including phenoxy) is 1. The summed E-state index contributed by atoms with van der Waals surface area (Å²) >= 11 is 0. The number of aromatic nitrogens is 1. The van der Waals surface area contributed by atoms with Gasteiger partial charge in [-0.1, -0.05) is 13.0 Å². The van der Waals surface area contributed by atoms with Crippen LogP contribution in [0.4, 0.5) is 0 Å². The maximum absolute atomic E-state index is 12.5. The van der Waals surface area contributed by atoms with Crippen molar-refractivity contribution < 1.29 is 24.5 Å². The first-order valence-corrected chi connectivity index (χ1v) is 7.51. The van der Waals surface area contributed by atoms with Gasteiger partial charge in [0.1, 0.15) is 0 Å². The summed E-state index contributed by atoms with van der Waals surface area (Å²) in [7, 11) is 1.49. The first-order valence-electron chi connectivity index (χ1n) is 7.51. The molecule has 1 atom stereocenters. The molecule has 1 aliphatic rings. The van der Waals surface area contributed by atoms with Gasteiger partial charge in [0, 0.05) is 24.3 Å². The molecule has 1 aromatic heterocycles. The molecular weight excluding hydrogens is 300 g/mol. The van der Waals surface area contributed by atoms with Crippen molar-refractivity contribution in [2.24, 2.45) is 11.3 Å². The molecule has 1 heterocycles. The molecule has 0 saturated heterocycles. The molecule has 2 rings (SSSR count). The van der Waals surface area contributed by atoms with Gasteiger partial charge < -0.3 is 20.3 Å². The van der Waals surface area contributed by atoms with Crippen LogP contribution in [0.5, 0.6) is 5.88 Å². The highest BCUT2D eigenvalue weighted by molar-refractivity contribution is 5.84. The number of methoxy groups -OCH3 is 1. The lowest BCUT2D eigenvalue weighted by molar-refractivity contribution is -0.141. The number of aliphatic hydroxyl groups excluding tert-OH is 1. The third-order valence-corrected chi connectivity index (χ3v) is 4.34. The number of carbonyl (C=O) groups is 2. The quantitative estimate of drug-likeness (QED) is 0.694. The van der Waals surface area contributed by atoms with Gasteiger partial charge in [-0.05, 0) is 24.3 Å². The molecular formula is C16H22N2O5. The Kier molecular flexibility index (Phi) is 5.20. The molecule has 126 valence electrons. The summed E-state index contributed by atoms with van der Waals surface area (Å²) in [5.74, 6) is -0.625. The maximum atomic E-state index is 12.5. The van der Waals surface area contributed by atoms with Crippen molar-refractivity contribution in [2.75, 3.05) is 13.7 Å². The number of rotatable bonds is 7. The largest absolute Gasteiger partial charge is 0.481 e. The Morgan fingerprint density at radius 2 is 2.17 bits per heavy atom. The fourth-order valence-electron chi connectivity index (χ4n) is 3.01. The number of aliphatic hydroxyl groups is 1. The second-order valence-electron chi connectivity index (χ2n) is 6.28. The fourth-order valence-corrected chi connectivity index (χ4v) is 3.01. The molecule has 0 aliphatic heterocycles. The number of aliphatic carboxylic acids is 1. The SMILES string of the molecule is COc1ccc(C(CC(=O)O)NC(=O)C2(C)CC(CO)C2)cn1. The molecule has 7 heteroatoms. The van der Waals surface area contributed by atoms with Crippen LogP contribution in [0.1, 0.15) is 37.8 Å². The number of nitrogens with zero attached hydrogens (tertiary/aromatic N) is 1. The van der Waals surface area contributed by atoms with E-state index in [1.165, 1.54) is 13.3 Å². The lowest BCUT2D eigenvalue weighted by Gasteiger charge is -2.43. The van der Waals surface area contributed by atoms with Crippen LogP contribution in [0.15, 0.2) is 18.3 Å². The van der Waals surface area contributed by atoms with E-state index in [4.69, 9.17) is 14.9 Å². The van der Waals surface area contributed by atoms with Gasteiger partial charge in [0.05, 0.1) is 19.6 Å². The summed E-state index contributed by atoms with van der Waals surface area (Å²) in [6, 6.07) is 2.67. The zero-order valence-corrected chi connectivity index (χ0v) is 13.3. The van der Waals surface area contributed by atoms with Gasteiger partial charge in [0.2, 0.25) is 11.8 Å². The highest BCUT2D eigenvalue weighted by Gasteiger charge is 2.46. The van der Waals surface area contributed by atoms with E-state index in [9.17, 15) is 9.59 Å². The van der Waals surface area contributed by atoms with E-state index >= 15 is 0 Å². The average molecular weight is 322 g/mol. The molecule has 3 N–H and O–H groups in total. The summed E-state index contributed by atoms with van der Waals surface area (Å²) < 4.78 is 4.98. The number of carboxylic acids is 1. The van der Waals surface area contributed by atoms with Gasteiger partial charge >= 0.3 is 5.97 Å². The molecule has 1 aromatic rings. The molecule has 0 bridgehead atoms. The molecule has 7 nitrogen and oxygen atoms in total. The maximum Gasteiger partial charge on any atom is 0.305 e. The van der Waals surface area contributed by atoms with Gasteiger partial charge in [-0.3, -0.25) is 9.59 Å². The van der Waals surface area contributed by atoms with E-state index in [2.05, 4.69) is 10.3 Å². The van der Waals surface area contributed by atoms with Crippen LogP contribution in [0, 0.1) is 11.3 Å². The summed E-state index contributed by atoms with van der Waals surface area (Å²) in [5, 5.41) is 21.0. The Morgan fingerprint density at radius 3 is 2.65 bits per heavy atom. The third kappa shape index (κ3) is 3.98. The van der Waals surface area contributed by atoms with Crippen LogP contribution in [0.3, 0.4) is 0 Å². The van der Waals surface area contributed by atoms with Crippen molar-refractivity contribution in [1.82, 2.24) is 10.3 Å². The minimum absolute atomic E-state index is 0.0732. The molecule has 1 aliphatic carbocycles. The Labute approximate surface area is 134 Å². The smallest absolute Gasteiger partial charge is 0.305 e. The van der Waals surface area contributed by atoms with E-state index in [1.807, 2.05) is 6.92 Å².